The molecule has 0 fully saturated rings. The quantitative estimate of drug-likeness (QED) is 0.158. The molecule has 0 saturated carbocycles. The summed E-state index contributed by atoms with van der Waals surface area (Å²) in [7, 11) is 1.64. The third kappa shape index (κ3) is 5.20. The summed E-state index contributed by atoms with van der Waals surface area (Å²) in [5, 5.41) is 16.7. The van der Waals surface area contributed by atoms with Gasteiger partial charge in [0.05, 0.1) is 34.7 Å². The van der Waals surface area contributed by atoms with Crippen molar-refractivity contribution in [3.05, 3.63) is 106 Å². The largest absolute Gasteiger partial charge is 0.497 e. The molecule has 2 N–H and O–H groups in total. The number of benzene rings is 2. The van der Waals surface area contributed by atoms with Crippen LogP contribution in [-0.2, 0) is 18.7 Å². The monoisotopic (exact) mass is 518 g/mol. The van der Waals surface area contributed by atoms with Crippen molar-refractivity contribution in [2.45, 2.75) is 35.3 Å². The first kappa shape index (κ1) is 24.2. The summed E-state index contributed by atoms with van der Waals surface area (Å²) in [6.07, 6.45) is 2.88. The number of nitrogens with one attached hydrogen (secondary N) is 1. The van der Waals surface area contributed by atoms with E-state index in [0.29, 0.717) is 35.7 Å². The van der Waals surface area contributed by atoms with E-state index in [9.17, 15) is 10.0 Å². The molecule has 2 heterocycles. The number of thioether (sulfide) groups is 1. The molecule has 36 heavy (non-hydrogen) atoms. The molecule has 8 heteroatoms. The lowest BCUT2D eigenvalue weighted by Gasteiger charge is -2.25. The van der Waals surface area contributed by atoms with Crippen LogP contribution in [0.2, 0.25) is 0 Å². The van der Waals surface area contributed by atoms with Gasteiger partial charge in [0.2, 0.25) is 0 Å². The van der Waals surface area contributed by atoms with Crippen molar-refractivity contribution in [2.24, 2.45) is 5.16 Å². The number of nitrogens with zero attached hydrogens (tertiary/aromatic N) is 1. The van der Waals surface area contributed by atoms with Crippen LogP contribution >= 0.6 is 23.1 Å². The van der Waals surface area contributed by atoms with E-state index < -0.39 is 0 Å². The van der Waals surface area contributed by atoms with Gasteiger partial charge in [0, 0.05) is 17.7 Å². The highest BCUT2D eigenvalue weighted by molar-refractivity contribution is 8.00. The summed E-state index contributed by atoms with van der Waals surface area (Å²) in [5.74, 6) is 2.20. The van der Waals surface area contributed by atoms with Gasteiger partial charge in [0.1, 0.15) is 11.5 Å². The van der Waals surface area contributed by atoms with Gasteiger partial charge in [-0.2, -0.15) is 0 Å². The topological polar surface area (TPSA) is 84.1 Å². The molecule has 0 unspecified atom stereocenters. The zero-order valence-corrected chi connectivity index (χ0v) is 21.4. The van der Waals surface area contributed by atoms with Gasteiger partial charge in [-0.25, -0.2) is 0 Å². The van der Waals surface area contributed by atoms with Crippen LogP contribution < -0.4 is 10.1 Å². The number of rotatable bonds is 8. The van der Waals surface area contributed by atoms with Crippen LogP contribution in [0, 0.1) is 0 Å². The average molecular weight is 519 g/mol. The predicted molar refractivity (Wildman–Crippen MR) is 143 cm³/mol. The van der Waals surface area contributed by atoms with Gasteiger partial charge >= 0.3 is 0 Å². The summed E-state index contributed by atoms with van der Waals surface area (Å²) < 4.78 is 11.7. The number of oxime groups is 1. The molecule has 0 radical (unpaired) electrons. The van der Waals surface area contributed by atoms with Crippen molar-refractivity contribution in [2.75, 3.05) is 7.11 Å². The predicted octanol–water partition coefficient (Wildman–Crippen LogP) is 6.48. The van der Waals surface area contributed by atoms with E-state index in [0.717, 1.165) is 32.4 Å². The average Bonchev–Trinajstić information content (AvgIpc) is 3.59. The van der Waals surface area contributed by atoms with Gasteiger partial charge in [-0.15, -0.1) is 23.1 Å². The molecule has 0 spiro atoms. The number of furan rings is 1. The highest BCUT2D eigenvalue weighted by Crippen LogP contribution is 2.45. The van der Waals surface area contributed by atoms with Crippen LogP contribution in [0.1, 0.15) is 50.0 Å². The number of thiophene rings is 1. The van der Waals surface area contributed by atoms with E-state index in [2.05, 4.69) is 22.6 Å². The molecule has 0 aliphatic heterocycles. The fraction of sp³-hybridized carbons (Fsp3) is 0.214. The second kappa shape index (κ2) is 11.1. The number of methoxy groups -OCH3 is 1. The number of amides is 1. The first-order chi connectivity index (χ1) is 17.7. The zero-order chi connectivity index (χ0) is 24.9. The first-order valence-corrected chi connectivity index (χ1v) is 13.4. The SMILES string of the molecule is COc1ccc([C@@H]2CC(=NO)c3c(SCc4ccccc4)sc(C(=O)NCc4ccco4)c3C2)cc1. The van der Waals surface area contributed by atoms with Crippen LogP contribution in [-0.4, -0.2) is 23.9 Å². The maximum Gasteiger partial charge on any atom is 0.262 e. The van der Waals surface area contributed by atoms with Gasteiger partial charge in [0.15, 0.2) is 0 Å². The van der Waals surface area contributed by atoms with E-state index in [4.69, 9.17) is 9.15 Å². The van der Waals surface area contributed by atoms with Crippen LogP contribution in [0.25, 0.3) is 0 Å². The molecule has 0 saturated heterocycles. The highest BCUT2D eigenvalue weighted by atomic mass is 32.2. The second-order valence-electron chi connectivity index (χ2n) is 8.53. The van der Waals surface area contributed by atoms with E-state index in [1.165, 1.54) is 16.9 Å². The molecule has 1 aliphatic carbocycles. The molecule has 2 aromatic carbocycles. The summed E-state index contributed by atoms with van der Waals surface area (Å²) in [6, 6.07) is 21.8. The minimum absolute atomic E-state index is 0.0903. The zero-order valence-electron chi connectivity index (χ0n) is 19.8. The Morgan fingerprint density at radius 2 is 1.94 bits per heavy atom. The number of carbonyl (C=O) groups excluding carboxylic acids is 1. The molecule has 184 valence electrons. The minimum Gasteiger partial charge on any atom is -0.497 e. The second-order valence-corrected chi connectivity index (χ2v) is 10.8. The minimum atomic E-state index is -0.146. The Balaban J connectivity index is 1.48. The fourth-order valence-electron chi connectivity index (χ4n) is 4.45. The van der Waals surface area contributed by atoms with Gasteiger partial charge in [-0.3, -0.25) is 4.79 Å². The lowest BCUT2D eigenvalue weighted by atomic mass is 9.80. The molecule has 5 rings (SSSR count). The van der Waals surface area contributed by atoms with Crippen LogP contribution in [0.15, 0.2) is 86.8 Å². The van der Waals surface area contributed by atoms with Gasteiger partial charge < -0.3 is 19.7 Å². The Kier molecular flexibility index (Phi) is 7.44. The van der Waals surface area contributed by atoms with Crippen molar-refractivity contribution < 1.29 is 19.2 Å². The summed E-state index contributed by atoms with van der Waals surface area (Å²) >= 11 is 3.15. The van der Waals surface area contributed by atoms with Crippen molar-refractivity contribution in [1.82, 2.24) is 5.32 Å². The van der Waals surface area contributed by atoms with Crippen molar-refractivity contribution in [3.63, 3.8) is 0 Å². The number of fused-ring (bicyclic) bond motifs is 1. The Labute approximate surface area is 218 Å². The smallest absolute Gasteiger partial charge is 0.262 e. The van der Waals surface area contributed by atoms with Crippen LogP contribution in [0.5, 0.6) is 5.75 Å². The van der Waals surface area contributed by atoms with Gasteiger partial charge in [0.25, 0.3) is 5.91 Å². The highest BCUT2D eigenvalue weighted by Gasteiger charge is 2.34. The maximum atomic E-state index is 13.4. The van der Waals surface area contributed by atoms with Gasteiger partial charge in [-0.1, -0.05) is 47.6 Å². The fourth-order valence-corrected chi connectivity index (χ4v) is 6.99. The Morgan fingerprint density at radius 1 is 1.14 bits per heavy atom. The number of hydrogen-bond donors (Lipinski definition) is 2. The molecule has 2 aromatic heterocycles. The molecular weight excluding hydrogens is 492 g/mol. The first-order valence-electron chi connectivity index (χ1n) is 11.6. The van der Waals surface area contributed by atoms with Crippen molar-refractivity contribution in [3.8, 4) is 5.75 Å². The lowest BCUT2D eigenvalue weighted by Crippen LogP contribution is -2.25. The third-order valence-corrected chi connectivity index (χ3v) is 8.86. The normalized spacial score (nSPS) is 16.0. The van der Waals surface area contributed by atoms with E-state index >= 15 is 0 Å². The van der Waals surface area contributed by atoms with E-state index in [-0.39, 0.29) is 11.8 Å². The molecule has 6 nitrogen and oxygen atoms in total. The number of ether oxygens (including phenoxy) is 1. The summed E-state index contributed by atoms with van der Waals surface area (Å²) in [5.41, 5.74) is 4.77. The van der Waals surface area contributed by atoms with Crippen molar-refractivity contribution in [1.29, 1.82) is 0 Å². The maximum absolute atomic E-state index is 13.4. The Hall–Kier alpha value is -3.49. The molecule has 1 amide bonds. The van der Waals surface area contributed by atoms with Gasteiger partial charge in [-0.05, 0) is 53.3 Å². The number of carbonyl (C=O) groups is 1. The molecule has 4 aromatic rings. The third-order valence-electron chi connectivity index (χ3n) is 6.28. The molecule has 1 aliphatic rings. The van der Waals surface area contributed by atoms with E-state index in [1.54, 1.807) is 31.2 Å². The standard InChI is InChI=1S/C28H26N2O4S2/c1-33-21-11-9-19(10-12-21)20-14-23-25(24(15-20)30-32)28(35-17-18-6-3-2-4-7-18)36-26(23)27(31)29-16-22-8-5-13-34-22/h2-13,20,32H,14-17H2,1H3,(H,29,31)/t20-/m0/s1. The Morgan fingerprint density at radius 3 is 2.64 bits per heavy atom. The van der Waals surface area contributed by atoms with Crippen LogP contribution in [0.3, 0.4) is 0 Å². The molecular formula is C28H26N2O4S2. The van der Waals surface area contributed by atoms with E-state index in [1.807, 2.05) is 48.5 Å². The molecule has 0 bridgehead atoms. The summed E-state index contributed by atoms with van der Waals surface area (Å²) in [6.45, 7) is 0.313. The summed E-state index contributed by atoms with van der Waals surface area (Å²) in [4.78, 5) is 14.0. The number of hydrogen-bond acceptors (Lipinski definition) is 7. The lowest BCUT2D eigenvalue weighted by molar-refractivity contribution is 0.0951. The van der Waals surface area contributed by atoms with Crippen LogP contribution in [0.4, 0.5) is 0 Å². The molecule has 1 atom stereocenters. The Bertz CT molecular complexity index is 1350. The van der Waals surface area contributed by atoms with Crippen molar-refractivity contribution >= 4 is 34.7 Å².